The van der Waals surface area contributed by atoms with Crippen LogP contribution in [0.5, 0.6) is 0 Å². The lowest BCUT2D eigenvalue weighted by Crippen LogP contribution is -1.87. The van der Waals surface area contributed by atoms with Crippen molar-refractivity contribution < 1.29 is 0 Å². The molecule has 4 aromatic rings. The molecular weight excluding hydrogens is 316 g/mol. The third kappa shape index (κ3) is 2.34. The van der Waals surface area contributed by atoms with Gasteiger partial charge in [0.2, 0.25) is 0 Å². The zero-order valence-electron chi connectivity index (χ0n) is 11.3. The Morgan fingerprint density at radius 2 is 1.91 bits per heavy atom. The molecule has 106 valence electrons. The molecule has 4 aromatic heterocycles. The maximum absolute atomic E-state index is 5.97. The predicted molar refractivity (Wildman–Crippen MR) is 88.9 cm³/mol. The molecule has 0 saturated heterocycles. The fourth-order valence-electron chi connectivity index (χ4n) is 2.27. The number of nitrogens with zero attached hydrogens (tertiary/aromatic N) is 4. The minimum absolute atomic E-state index is 0.461. The summed E-state index contributed by atoms with van der Waals surface area (Å²) in [5.74, 6) is 0. The highest BCUT2D eigenvalue weighted by Crippen LogP contribution is 2.34. The quantitative estimate of drug-likeness (QED) is 0.510. The van der Waals surface area contributed by atoms with Gasteiger partial charge in [-0.05, 0) is 30.3 Å². The van der Waals surface area contributed by atoms with Gasteiger partial charge < -0.3 is 0 Å². The summed E-state index contributed by atoms with van der Waals surface area (Å²) >= 11 is 7.54. The van der Waals surface area contributed by atoms with E-state index in [1.54, 1.807) is 23.6 Å². The molecule has 6 heteroatoms. The highest BCUT2D eigenvalue weighted by Gasteiger charge is 2.12. The number of hydrogen-bond donors (Lipinski definition) is 0. The second kappa shape index (κ2) is 5.44. The molecule has 4 heterocycles. The average Bonchev–Trinajstić information content (AvgIpc) is 3.04. The Morgan fingerprint density at radius 1 is 0.955 bits per heavy atom. The molecule has 0 amide bonds. The van der Waals surface area contributed by atoms with E-state index in [0.717, 1.165) is 32.7 Å². The minimum Gasteiger partial charge on any atom is -0.264 e. The number of halogens is 1. The van der Waals surface area contributed by atoms with E-state index in [1.165, 1.54) is 0 Å². The van der Waals surface area contributed by atoms with E-state index in [1.807, 2.05) is 42.2 Å². The van der Waals surface area contributed by atoms with Crippen LogP contribution in [0.4, 0.5) is 0 Å². The first kappa shape index (κ1) is 13.3. The number of aromatic nitrogens is 4. The Hall–Kier alpha value is -2.37. The summed E-state index contributed by atoms with van der Waals surface area (Å²) in [4.78, 5) is 18.4. The number of thiazole rings is 1. The van der Waals surface area contributed by atoms with Crippen LogP contribution in [-0.2, 0) is 0 Å². The average molecular weight is 325 g/mol. The van der Waals surface area contributed by atoms with Gasteiger partial charge in [-0.3, -0.25) is 9.97 Å². The Balaban J connectivity index is 1.88. The van der Waals surface area contributed by atoms with Crippen molar-refractivity contribution >= 4 is 34.0 Å². The molecule has 0 atom stereocenters. The maximum atomic E-state index is 5.97. The van der Waals surface area contributed by atoms with E-state index < -0.39 is 0 Å². The number of fused-ring (bicyclic) bond motifs is 1. The third-order valence-electron chi connectivity index (χ3n) is 3.27. The highest BCUT2D eigenvalue weighted by atomic mass is 35.5. The summed E-state index contributed by atoms with van der Waals surface area (Å²) in [6.07, 6.45) is 5.40. The fraction of sp³-hybridized carbons (Fsp3) is 0. The molecule has 0 fully saturated rings. The molecule has 0 N–H and O–H groups in total. The van der Waals surface area contributed by atoms with Crippen LogP contribution in [0.2, 0.25) is 5.15 Å². The van der Waals surface area contributed by atoms with Crippen LogP contribution in [0.1, 0.15) is 0 Å². The van der Waals surface area contributed by atoms with Gasteiger partial charge in [0.05, 0.1) is 27.1 Å². The van der Waals surface area contributed by atoms with E-state index in [-0.39, 0.29) is 0 Å². The van der Waals surface area contributed by atoms with Crippen molar-refractivity contribution in [2.24, 2.45) is 0 Å². The molecule has 0 aliphatic carbocycles. The minimum atomic E-state index is 0.461. The number of rotatable bonds is 2. The van der Waals surface area contributed by atoms with Crippen LogP contribution in [0.3, 0.4) is 0 Å². The summed E-state index contributed by atoms with van der Waals surface area (Å²) < 4.78 is 0. The summed E-state index contributed by atoms with van der Waals surface area (Å²) in [6.45, 7) is 0. The number of hydrogen-bond acceptors (Lipinski definition) is 5. The van der Waals surface area contributed by atoms with Crippen LogP contribution >= 0.6 is 22.9 Å². The van der Waals surface area contributed by atoms with Crippen LogP contribution in [-0.4, -0.2) is 19.9 Å². The van der Waals surface area contributed by atoms with Gasteiger partial charge in [-0.15, -0.1) is 11.3 Å². The van der Waals surface area contributed by atoms with Crippen molar-refractivity contribution in [3.63, 3.8) is 0 Å². The standard InChI is InChI=1S/C16H9ClN4S/c17-14-4-3-12-13(21-14)6-11(8-19-12)16-15(20-9-22-16)10-2-1-5-18-7-10/h1-9H. The predicted octanol–water partition coefficient (Wildman–Crippen LogP) is 4.47. The molecular formula is C16H9ClN4S. The van der Waals surface area contributed by atoms with Gasteiger partial charge >= 0.3 is 0 Å². The summed E-state index contributed by atoms with van der Waals surface area (Å²) in [5, 5.41) is 0.461. The lowest BCUT2D eigenvalue weighted by atomic mass is 10.1. The normalized spacial score (nSPS) is 11.0. The Morgan fingerprint density at radius 3 is 2.77 bits per heavy atom. The van der Waals surface area contributed by atoms with Crippen molar-refractivity contribution in [1.82, 2.24) is 19.9 Å². The molecule has 0 bridgehead atoms. The SMILES string of the molecule is Clc1ccc2ncc(-c3scnc3-c3cccnc3)cc2n1. The molecule has 0 aliphatic rings. The van der Waals surface area contributed by atoms with Gasteiger partial charge in [-0.1, -0.05) is 11.6 Å². The van der Waals surface area contributed by atoms with Crippen LogP contribution < -0.4 is 0 Å². The van der Waals surface area contributed by atoms with Crippen molar-refractivity contribution in [3.05, 3.63) is 59.6 Å². The van der Waals surface area contributed by atoms with Crippen LogP contribution in [0.25, 0.3) is 32.7 Å². The molecule has 4 nitrogen and oxygen atoms in total. The van der Waals surface area contributed by atoms with E-state index >= 15 is 0 Å². The summed E-state index contributed by atoms with van der Waals surface area (Å²) in [5.41, 5.74) is 6.28. The maximum Gasteiger partial charge on any atom is 0.129 e. The van der Waals surface area contributed by atoms with Crippen LogP contribution in [0.15, 0.2) is 54.4 Å². The van der Waals surface area contributed by atoms with Crippen LogP contribution in [0, 0.1) is 0 Å². The first-order valence-corrected chi connectivity index (χ1v) is 7.83. The van der Waals surface area contributed by atoms with Gasteiger partial charge in [-0.2, -0.15) is 0 Å². The molecule has 0 saturated carbocycles. The molecule has 0 aromatic carbocycles. The highest BCUT2D eigenvalue weighted by molar-refractivity contribution is 7.13. The van der Waals surface area contributed by atoms with Crippen molar-refractivity contribution in [3.8, 4) is 21.7 Å². The van der Waals surface area contributed by atoms with Gasteiger partial charge in [0, 0.05) is 29.7 Å². The van der Waals surface area contributed by atoms with Gasteiger partial charge in [0.25, 0.3) is 0 Å². The monoisotopic (exact) mass is 324 g/mol. The van der Waals surface area contributed by atoms with Gasteiger partial charge in [0.15, 0.2) is 0 Å². The van der Waals surface area contributed by atoms with E-state index in [4.69, 9.17) is 11.6 Å². The van der Waals surface area contributed by atoms with Crippen molar-refractivity contribution in [2.75, 3.05) is 0 Å². The molecule has 4 rings (SSSR count). The first-order chi connectivity index (χ1) is 10.8. The fourth-order valence-corrected chi connectivity index (χ4v) is 3.21. The van der Waals surface area contributed by atoms with Crippen molar-refractivity contribution in [1.29, 1.82) is 0 Å². The van der Waals surface area contributed by atoms with Crippen molar-refractivity contribution in [2.45, 2.75) is 0 Å². The zero-order valence-corrected chi connectivity index (χ0v) is 12.8. The lowest BCUT2D eigenvalue weighted by Gasteiger charge is -2.04. The molecule has 0 unspecified atom stereocenters. The summed E-state index contributed by atoms with van der Waals surface area (Å²) in [6, 6.07) is 9.49. The summed E-state index contributed by atoms with van der Waals surface area (Å²) in [7, 11) is 0. The Labute approximate surface area is 135 Å². The topological polar surface area (TPSA) is 51.6 Å². The molecule has 0 spiro atoms. The smallest absolute Gasteiger partial charge is 0.129 e. The molecule has 0 aliphatic heterocycles. The number of pyridine rings is 3. The lowest BCUT2D eigenvalue weighted by molar-refractivity contribution is 1.30. The Bertz CT molecular complexity index is 953. The van der Waals surface area contributed by atoms with E-state index in [0.29, 0.717) is 5.15 Å². The first-order valence-electron chi connectivity index (χ1n) is 6.58. The molecule has 0 radical (unpaired) electrons. The Kier molecular flexibility index (Phi) is 3.29. The van der Waals surface area contributed by atoms with E-state index in [9.17, 15) is 0 Å². The van der Waals surface area contributed by atoms with Gasteiger partial charge in [-0.25, -0.2) is 9.97 Å². The second-order valence-corrected chi connectivity index (χ2v) is 5.91. The van der Waals surface area contributed by atoms with Gasteiger partial charge in [0.1, 0.15) is 5.15 Å². The van der Waals surface area contributed by atoms with E-state index in [2.05, 4.69) is 19.9 Å². The largest absolute Gasteiger partial charge is 0.264 e. The second-order valence-electron chi connectivity index (χ2n) is 4.67. The third-order valence-corrected chi connectivity index (χ3v) is 4.35. The molecule has 22 heavy (non-hydrogen) atoms. The zero-order chi connectivity index (χ0) is 14.9.